The molecule has 2 aromatic heterocycles. The third kappa shape index (κ3) is 6.48. The molecule has 2 aromatic carbocycles. The fourth-order valence-electron chi connectivity index (χ4n) is 5.48. The second-order valence-corrected chi connectivity index (χ2v) is 10.7. The first-order valence-electron chi connectivity index (χ1n) is 15.3. The van der Waals surface area contributed by atoms with Gasteiger partial charge in [0.1, 0.15) is 11.4 Å². The molecule has 0 saturated heterocycles. The Morgan fingerprint density at radius 2 is 1.04 bits per heavy atom. The fraction of sp³-hybridized carbons (Fsp3) is 0.235. The first kappa shape index (κ1) is 30.6. The van der Waals surface area contributed by atoms with Crippen LogP contribution < -0.4 is 20.4 Å². The van der Waals surface area contributed by atoms with Gasteiger partial charge in [0.2, 0.25) is 0 Å². The summed E-state index contributed by atoms with van der Waals surface area (Å²) in [5.74, 6) is -1.46. The topological polar surface area (TPSA) is 97.8 Å². The van der Waals surface area contributed by atoms with Gasteiger partial charge in [-0.2, -0.15) is 0 Å². The average molecular weight is 621 g/mol. The zero-order chi connectivity index (χ0) is 31.9. The summed E-state index contributed by atoms with van der Waals surface area (Å²) >= 11 is 0. The third-order valence-electron chi connectivity index (χ3n) is 7.50. The van der Waals surface area contributed by atoms with E-state index in [4.69, 9.17) is 9.68 Å². The lowest BCUT2D eigenvalue weighted by atomic mass is 10.2. The largest absolute Gasteiger partial charge is 0.358 e. The van der Waals surface area contributed by atoms with Gasteiger partial charge in [0, 0.05) is 50.0 Å². The minimum absolute atomic E-state index is 0.494. The molecule has 46 heavy (non-hydrogen) atoms. The van der Waals surface area contributed by atoms with Gasteiger partial charge in [-0.25, -0.2) is 9.59 Å². The predicted octanol–water partition coefficient (Wildman–Crippen LogP) is 5.39. The average Bonchev–Trinajstić information content (AvgIpc) is 3.64. The molecule has 0 aliphatic carbocycles. The third-order valence-corrected chi connectivity index (χ3v) is 7.50. The summed E-state index contributed by atoms with van der Waals surface area (Å²) in [6.07, 6.45) is 10.8. The quantitative estimate of drug-likeness (QED) is 0.190. The Morgan fingerprint density at radius 3 is 1.43 bits per heavy atom. The number of nitrogens with zero attached hydrogens (tertiary/aromatic N) is 8. The number of para-hydroxylation sites is 2. The van der Waals surface area contributed by atoms with Crippen LogP contribution in [0.5, 0.6) is 0 Å². The van der Waals surface area contributed by atoms with Crippen molar-refractivity contribution in [3.05, 3.63) is 121 Å². The normalized spacial score (nSPS) is 14.3. The summed E-state index contributed by atoms with van der Waals surface area (Å²) in [5.41, 5.74) is 5.27. The van der Waals surface area contributed by atoms with E-state index in [9.17, 15) is 9.59 Å². The Morgan fingerprint density at radius 1 is 0.652 bits per heavy atom. The van der Waals surface area contributed by atoms with Crippen molar-refractivity contribution in [3.8, 4) is 0 Å². The monoisotopic (exact) mass is 620 g/mol. The van der Waals surface area contributed by atoms with E-state index in [1.54, 1.807) is 24.8 Å². The summed E-state index contributed by atoms with van der Waals surface area (Å²) in [7, 11) is 0. The lowest BCUT2D eigenvalue weighted by Gasteiger charge is -2.38. The number of hydrazine groups is 4. The molecule has 4 heterocycles. The number of hydrogen-bond acceptors (Lipinski definition) is 12. The highest BCUT2D eigenvalue weighted by Crippen LogP contribution is 2.36. The van der Waals surface area contributed by atoms with E-state index in [-0.39, 0.29) is 0 Å². The maximum Gasteiger partial charge on any atom is 0.358 e. The summed E-state index contributed by atoms with van der Waals surface area (Å²) in [6, 6.07) is 23.1. The number of aromatic nitrogens is 2. The molecule has 12 nitrogen and oxygen atoms in total. The van der Waals surface area contributed by atoms with Crippen molar-refractivity contribution in [2.75, 3.05) is 33.5 Å². The van der Waals surface area contributed by atoms with Gasteiger partial charge in [0.15, 0.2) is 0 Å². The van der Waals surface area contributed by atoms with Crippen LogP contribution >= 0.6 is 0 Å². The predicted molar refractivity (Wildman–Crippen MR) is 174 cm³/mol. The molecule has 0 saturated carbocycles. The van der Waals surface area contributed by atoms with Gasteiger partial charge < -0.3 is 9.68 Å². The van der Waals surface area contributed by atoms with Gasteiger partial charge in [-0.05, 0) is 60.4 Å². The molecule has 0 radical (unpaired) electrons. The maximum atomic E-state index is 13.2. The first-order valence-corrected chi connectivity index (χ1v) is 15.3. The number of carbonyl (C=O) groups excluding carboxylic acids is 2. The van der Waals surface area contributed by atoms with Crippen LogP contribution in [0.1, 0.15) is 37.8 Å². The lowest BCUT2D eigenvalue weighted by Crippen LogP contribution is -2.51. The zero-order valence-corrected chi connectivity index (χ0v) is 25.8. The number of fused-ring (bicyclic) bond motifs is 2. The highest BCUT2D eigenvalue weighted by atomic mass is 16.8. The Kier molecular flexibility index (Phi) is 9.37. The van der Waals surface area contributed by atoms with Crippen molar-refractivity contribution in [2.45, 2.75) is 39.8 Å². The molecule has 4 aromatic rings. The van der Waals surface area contributed by atoms with Gasteiger partial charge in [-0.15, -0.1) is 10.3 Å². The molecule has 12 heteroatoms. The summed E-state index contributed by atoms with van der Waals surface area (Å²) in [6.45, 7) is 6.51. The van der Waals surface area contributed by atoms with E-state index in [1.807, 2.05) is 93.1 Å². The van der Waals surface area contributed by atoms with E-state index in [2.05, 4.69) is 23.8 Å². The van der Waals surface area contributed by atoms with E-state index in [1.165, 1.54) is 10.3 Å². The summed E-state index contributed by atoms with van der Waals surface area (Å²) < 4.78 is 0. The van der Waals surface area contributed by atoms with Crippen molar-refractivity contribution >= 4 is 34.7 Å². The fourth-order valence-corrected chi connectivity index (χ4v) is 5.48. The van der Waals surface area contributed by atoms with Crippen LogP contribution in [-0.2, 0) is 32.4 Å². The molecule has 0 spiro atoms. The van der Waals surface area contributed by atoms with Gasteiger partial charge in [-0.3, -0.25) is 20.0 Å². The van der Waals surface area contributed by atoms with Crippen LogP contribution in [0.2, 0.25) is 0 Å². The SMILES string of the molecule is CCCN(c1ccncc1)N1Cc2ccccc2N1OC(=O)/C=C\C(=O)ON1c2ccccc2CN1N(CCC)c1ccncc1. The molecule has 0 unspecified atom stereocenters. The molecule has 2 aliphatic heterocycles. The van der Waals surface area contributed by atoms with Gasteiger partial charge >= 0.3 is 11.9 Å². The van der Waals surface area contributed by atoms with E-state index in [0.29, 0.717) is 26.2 Å². The molecular formula is C34H36N8O4. The van der Waals surface area contributed by atoms with Crippen molar-refractivity contribution in [2.24, 2.45) is 0 Å². The highest BCUT2D eigenvalue weighted by Gasteiger charge is 2.36. The number of carbonyl (C=O) groups is 2. The van der Waals surface area contributed by atoms with Crippen LogP contribution in [0.25, 0.3) is 0 Å². The minimum Gasteiger partial charge on any atom is -0.319 e. The molecule has 2 aliphatic rings. The first-order chi connectivity index (χ1) is 22.6. The van der Waals surface area contributed by atoms with Crippen molar-refractivity contribution < 1.29 is 19.3 Å². The van der Waals surface area contributed by atoms with Crippen LogP contribution in [0.4, 0.5) is 22.7 Å². The van der Waals surface area contributed by atoms with Gasteiger partial charge in [-0.1, -0.05) is 60.5 Å². The second-order valence-electron chi connectivity index (χ2n) is 10.7. The summed E-state index contributed by atoms with van der Waals surface area (Å²) in [4.78, 5) is 46.4. The summed E-state index contributed by atoms with van der Waals surface area (Å²) in [5, 5.41) is 10.8. The second kappa shape index (κ2) is 14.1. The molecule has 0 N–H and O–H groups in total. The van der Waals surface area contributed by atoms with E-state index in [0.717, 1.165) is 58.9 Å². The molecule has 0 atom stereocenters. The number of benzene rings is 2. The van der Waals surface area contributed by atoms with Gasteiger partial charge in [0.05, 0.1) is 24.5 Å². The highest BCUT2D eigenvalue weighted by molar-refractivity contribution is 5.92. The molecular weight excluding hydrogens is 584 g/mol. The number of rotatable bonds is 12. The van der Waals surface area contributed by atoms with E-state index >= 15 is 0 Å². The minimum atomic E-state index is -0.729. The van der Waals surface area contributed by atoms with Crippen LogP contribution in [-0.4, -0.2) is 45.2 Å². The van der Waals surface area contributed by atoms with Crippen molar-refractivity contribution in [1.29, 1.82) is 0 Å². The van der Waals surface area contributed by atoms with E-state index < -0.39 is 11.9 Å². The van der Waals surface area contributed by atoms with Crippen molar-refractivity contribution in [1.82, 2.24) is 20.2 Å². The number of hydrogen-bond donors (Lipinski definition) is 0. The Balaban J connectivity index is 1.19. The van der Waals surface area contributed by atoms with Crippen LogP contribution in [0.3, 0.4) is 0 Å². The molecule has 0 bridgehead atoms. The van der Waals surface area contributed by atoms with Crippen LogP contribution in [0, 0.1) is 0 Å². The Bertz CT molecular complexity index is 1550. The standard InChI is InChI=1S/C34H36N8O4/c1-3-23-37(29-15-19-35-20-16-29)39-25-27-9-5-7-11-31(27)41(39)45-33(43)13-14-34(44)46-42-32-12-8-6-10-28(32)26-40(42)38(24-4-2)30-17-21-36-22-18-30/h5-22H,3-4,23-26H2,1-2H3/b14-13-. The smallest absolute Gasteiger partial charge is 0.319 e. The number of pyridine rings is 2. The Hall–Kier alpha value is -5.46. The van der Waals surface area contributed by atoms with Crippen molar-refractivity contribution in [3.63, 3.8) is 0 Å². The maximum absolute atomic E-state index is 13.2. The zero-order valence-electron chi connectivity index (χ0n) is 25.8. The molecule has 6 rings (SSSR count). The van der Waals surface area contributed by atoms with Gasteiger partial charge in [0.25, 0.3) is 0 Å². The molecule has 0 fully saturated rings. The lowest BCUT2D eigenvalue weighted by molar-refractivity contribution is -0.148. The molecule has 0 amide bonds. The number of anilines is 4. The Labute approximate surface area is 268 Å². The molecule has 236 valence electrons. The van der Waals surface area contributed by atoms with Crippen LogP contribution in [0.15, 0.2) is 110 Å².